The lowest BCUT2D eigenvalue weighted by molar-refractivity contribution is -0.115. The molecule has 0 bridgehead atoms. The van der Waals surface area contributed by atoms with Gasteiger partial charge >= 0.3 is 0 Å². The van der Waals surface area contributed by atoms with Gasteiger partial charge in [-0.3, -0.25) is 9.78 Å². The molecule has 3 aromatic rings. The highest BCUT2D eigenvalue weighted by Gasteiger charge is 2.20. The number of pyridine rings is 1. The zero-order valence-electron chi connectivity index (χ0n) is 15.0. The molecule has 0 aliphatic heterocycles. The summed E-state index contributed by atoms with van der Waals surface area (Å²) in [6.07, 6.45) is 3.42. The fraction of sp³-hybridized carbons (Fsp3) is 0.211. The molecule has 0 aliphatic carbocycles. The van der Waals surface area contributed by atoms with E-state index >= 15 is 0 Å². The number of hydrogen-bond donors (Lipinski definition) is 1. The molecule has 136 valence electrons. The van der Waals surface area contributed by atoms with E-state index in [1.807, 2.05) is 30.5 Å². The van der Waals surface area contributed by atoms with Gasteiger partial charge in [0.15, 0.2) is 11.0 Å². The fourth-order valence-electron chi connectivity index (χ4n) is 2.50. The molecule has 0 saturated carbocycles. The molecule has 1 atom stereocenters. The fourth-order valence-corrected chi connectivity index (χ4v) is 3.41. The van der Waals surface area contributed by atoms with Crippen LogP contribution in [0.15, 0.2) is 53.9 Å². The summed E-state index contributed by atoms with van der Waals surface area (Å²) in [5, 5.41) is 20.6. The summed E-state index contributed by atoms with van der Waals surface area (Å²) >= 11 is 1.34. The van der Waals surface area contributed by atoms with Gasteiger partial charge in [0.1, 0.15) is 0 Å². The van der Waals surface area contributed by atoms with E-state index in [2.05, 4.69) is 26.6 Å². The van der Waals surface area contributed by atoms with Crippen LogP contribution in [0.1, 0.15) is 19.4 Å². The van der Waals surface area contributed by atoms with E-state index in [0.29, 0.717) is 23.0 Å². The van der Waals surface area contributed by atoms with E-state index in [-0.39, 0.29) is 11.2 Å². The van der Waals surface area contributed by atoms with Crippen LogP contribution in [0, 0.1) is 11.3 Å². The van der Waals surface area contributed by atoms with E-state index in [1.54, 1.807) is 36.7 Å². The Balaban J connectivity index is 1.74. The van der Waals surface area contributed by atoms with E-state index in [4.69, 9.17) is 5.26 Å². The molecule has 1 N–H and O–H groups in total. The van der Waals surface area contributed by atoms with Crippen molar-refractivity contribution in [3.8, 4) is 17.5 Å². The standard InChI is InChI=1S/C19H18N6OS/c1-3-25-17(15-7-9-21-10-8-15)23-24-19(25)27-13(2)18(26)22-16-6-4-5-14(11-16)12-20/h4-11,13H,3H2,1-2H3,(H,22,26)/t13-/m0/s1. The molecular formula is C19H18N6OS. The van der Waals surface area contributed by atoms with E-state index < -0.39 is 0 Å². The number of aromatic nitrogens is 4. The molecule has 0 unspecified atom stereocenters. The smallest absolute Gasteiger partial charge is 0.237 e. The topological polar surface area (TPSA) is 96.5 Å². The van der Waals surface area contributed by atoms with E-state index in [0.717, 1.165) is 11.4 Å². The molecule has 0 radical (unpaired) electrons. The van der Waals surface area contributed by atoms with Gasteiger partial charge < -0.3 is 9.88 Å². The van der Waals surface area contributed by atoms with Gasteiger partial charge in [-0.15, -0.1) is 10.2 Å². The van der Waals surface area contributed by atoms with Crippen LogP contribution < -0.4 is 5.32 Å². The third-order valence-electron chi connectivity index (χ3n) is 3.88. The second kappa shape index (κ2) is 8.47. The summed E-state index contributed by atoms with van der Waals surface area (Å²) in [6, 6.07) is 12.6. The van der Waals surface area contributed by atoms with Crippen molar-refractivity contribution in [1.29, 1.82) is 5.26 Å². The van der Waals surface area contributed by atoms with Gasteiger partial charge in [0, 0.05) is 30.2 Å². The second-order valence-corrected chi connectivity index (χ2v) is 7.04. The highest BCUT2D eigenvalue weighted by molar-refractivity contribution is 8.00. The van der Waals surface area contributed by atoms with Gasteiger partial charge in [-0.2, -0.15) is 5.26 Å². The third-order valence-corrected chi connectivity index (χ3v) is 4.96. The van der Waals surface area contributed by atoms with Crippen molar-refractivity contribution in [3.63, 3.8) is 0 Å². The third kappa shape index (κ3) is 4.33. The minimum absolute atomic E-state index is 0.161. The average Bonchev–Trinajstić information content (AvgIpc) is 3.11. The molecule has 1 aromatic carbocycles. The molecule has 2 heterocycles. The summed E-state index contributed by atoms with van der Waals surface area (Å²) in [7, 11) is 0. The van der Waals surface area contributed by atoms with E-state index in [1.165, 1.54) is 11.8 Å². The first-order valence-electron chi connectivity index (χ1n) is 8.43. The normalized spacial score (nSPS) is 11.6. The molecule has 1 amide bonds. The summed E-state index contributed by atoms with van der Waals surface area (Å²) in [4.78, 5) is 16.5. The van der Waals surface area contributed by atoms with Crippen LogP contribution in [-0.2, 0) is 11.3 Å². The first kappa shape index (κ1) is 18.6. The maximum Gasteiger partial charge on any atom is 0.237 e. The zero-order valence-corrected chi connectivity index (χ0v) is 15.8. The zero-order chi connectivity index (χ0) is 19.2. The number of carbonyl (C=O) groups is 1. The molecule has 0 fully saturated rings. The van der Waals surface area contributed by atoms with Crippen molar-refractivity contribution < 1.29 is 4.79 Å². The Bertz CT molecular complexity index is 979. The highest BCUT2D eigenvalue weighted by atomic mass is 32.2. The minimum atomic E-state index is -0.379. The molecule has 27 heavy (non-hydrogen) atoms. The molecule has 0 aliphatic rings. The second-order valence-electron chi connectivity index (χ2n) is 5.73. The molecule has 8 heteroatoms. The SMILES string of the molecule is CCn1c(S[C@@H](C)C(=O)Nc2cccc(C#N)c2)nnc1-c1ccncc1. The predicted molar refractivity (Wildman–Crippen MR) is 104 cm³/mol. The predicted octanol–water partition coefficient (Wildman–Crippen LogP) is 3.35. The monoisotopic (exact) mass is 378 g/mol. The Morgan fingerprint density at radius 2 is 2.07 bits per heavy atom. The van der Waals surface area contributed by atoms with Crippen LogP contribution in [0.2, 0.25) is 0 Å². The molecular weight excluding hydrogens is 360 g/mol. The Hall–Kier alpha value is -3.18. The van der Waals surface area contributed by atoms with Crippen LogP contribution in [0.25, 0.3) is 11.4 Å². The first-order chi connectivity index (χ1) is 13.1. The lowest BCUT2D eigenvalue weighted by Gasteiger charge is -2.13. The number of amides is 1. The van der Waals surface area contributed by atoms with Crippen LogP contribution in [-0.4, -0.2) is 30.9 Å². The van der Waals surface area contributed by atoms with E-state index in [9.17, 15) is 4.79 Å². The number of nitrogens with zero attached hydrogens (tertiary/aromatic N) is 5. The Labute approximate surface area is 161 Å². The van der Waals surface area contributed by atoms with Gasteiger partial charge in [0.25, 0.3) is 0 Å². The number of anilines is 1. The van der Waals surface area contributed by atoms with Crippen LogP contribution in [0.3, 0.4) is 0 Å². The Morgan fingerprint density at radius 1 is 1.30 bits per heavy atom. The van der Waals surface area contributed by atoms with Crippen molar-refractivity contribution in [2.75, 3.05) is 5.32 Å². The lowest BCUT2D eigenvalue weighted by atomic mass is 10.2. The van der Waals surface area contributed by atoms with Gasteiger partial charge in [-0.25, -0.2) is 0 Å². The number of nitrogens with one attached hydrogen (secondary N) is 1. The van der Waals surface area contributed by atoms with Gasteiger partial charge in [-0.05, 0) is 44.2 Å². The maximum absolute atomic E-state index is 12.5. The quantitative estimate of drug-likeness (QED) is 0.661. The Kier molecular flexibility index (Phi) is 5.84. The van der Waals surface area contributed by atoms with Crippen molar-refractivity contribution in [2.45, 2.75) is 30.8 Å². The van der Waals surface area contributed by atoms with Crippen LogP contribution >= 0.6 is 11.8 Å². The van der Waals surface area contributed by atoms with Crippen molar-refractivity contribution in [1.82, 2.24) is 19.7 Å². The number of nitriles is 1. The lowest BCUT2D eigenvalue weighted by Crippen LogP contribution is -2.23. The van der Waals surface area contributed by atoms with Crippen molar-refractivity contribution >= 4 is 23.4 Å². The molecule has 2 aromatic heterocycles. The largest absolute Gasteiger partial charge is 0.325 e. The van der Waals surface area contributed by atoms with Crippen molar-refractivity contribution in [3.05, 3.63) is 54.4 Å². The van der Waals surface area contributed by atoms with Gasteiger partial charge in [0.05, 0.1) is 16.9 Å². The number of benzene rings is 1. The Morgan fingerprint density at radius 3 is 2.78 bits per heavy atom. The van der Waals surface area contributed by atoms with Gasteiger partial charge in [-0.1, -0.05) is 17.8 Å². The number of hydrogen-bond acceptors (Lipinski definition) is 6. The minimum Gasteiger partial charge on any atom is -0.325 e. The molecule has 0 spiro atoms. The van der Waals surface area contributed by atoms with Crippen LogP contribution in [0.4, 0.5) is 5.69 Å². The highest BCUT2D eigenvalue weighted by Crippen LogP contribution is 2.27. The average molecular weight is 378 g/mol. The maximum atomic E-state index is 12.5. The number of carbonyl (C=O) groups excluding carboxylic acids is 1. The number of thioether (sulfide) groups is 1. The van der Waals surface area contributed by atoms with Crippen molar-refractivity contribution in [2.24, 2.45) is 0 Å². The molecule has 3 rings (SSSR count). The summed E-state index contributed by atoms with van der Waals surface area (Å²) < 4.78 is 1.97. The molecule has 7 nitrogen and oxygen atoms in total. The summed E-state index contributed by atoms with van der Waals surface area (Å²) in [5.74, 6) is 0.586. The van der Waals surface area contributed by atoms with Crippen LogP contribution in [0.5, 0.6) is 0 Å². The first-order valence-corrected chi connectivity index (χ1v) is 9.31. The molecule has 0 saturated heterocycles. The number of rotatable bonds is 6. The van der Waals surface area contributed by atoms with Gasteiger partial charge in [0.2, 0.25) is 5.91 Å². The summed E-state index contributed by atoms with van der Waals surface area (Å²) in [5.41, 5.74) is 2.03. The summed E-state index contributed by atoms with van der Waals surface area (Å²) in [6.45, 7) is 4.51.